The first kappa shape index (κ1) is 16.4. The van der Waals surface area contributed by atoms with Crippen molar-refractivity contribution < 1.29 is 14.4 Å². The maximum absolute atomic E-state index is 12.2. The summed E-state index contributed by atoms with van der Waals surface area (Å²) >= 11 is 0. The smallest absolute Gasteiger partial charge is 0.246 e. The predicted octanol–water partition coefficient (Wildman–Crippen LogP) is 0.891. The van der Waals surface area contributed by atoms with Crippen LogP contribution in [0, 0.1) is 11.3 Å². The molecule has 0 spiro atoms. The number of likely N-dealkylation sites (N-methyl/N-ethyl adjacent to an activating group) is 1. The summed E-state index contributed by atoms with van der Waals surface area (Å²) in [6.07, 6.45) is 7.50. The summed E-state index contributed by atoms with van der Waals surface area (Å²) < 4.78 is 0. The van der Waals surface area contributed by atoms with Crippen LogP contribution < -0.4 is 5.73 Å². The molecule has 2 saturated heterocycles. The van der Waals surface area contributed by atoms with Gasteiger partial charge < -0.3 is 5.73 Å². The van der Waals surface area contributed by atoms with Crippen LogP contribution in [-0.2, 0) is 14.4 Å². The first-order chi connectivity index (χ1) is 11.0. The molecule has 2 aliphatic heterocycles. The highest BCUT2D eigenvalue weighted by Crippen LogP contribution is 2.46. The van der Waals surface area contributed by atoms with E-state index in [9.17, 15) is 14.4 Å². The maximum Gasteiger partial charge on any atom is 0.246 e. The van der Waals surface area contributed by atoms with Gasteiger partial charge in [0.15, 0.2) is 0 Å². The predicted molar refractivity (Wildman–Crippen MR) is 85.2 cm³/mol. The number of imide groups is 1. The third kappa shape index (κ3) is 2.77. The minimum atomic E-state index is -0.408. The third-order valence-corrected chi connectivity index (χ3v) is 6.37. The molecule has 0 aromatic heterocycles. The van der Waals surface area contributed by atoms with E-state index in [-0.39, 0.29) is 30.2 Å². The van der Waals surface area contributed by atoms with Gasteiger partial charge in [0, 0.05) is 7.05 Å². The number of carbonyl (C=O) groups excluding carboxylic acids is 3. The second kappa shape index (κ2) is 6.23. The van der Waals surface area contributed by atoms with Crippen LogP contribution in [-0.4, -0.2) is 53.7 Å². The zero-order chi connectivity index (χ0) is 16.6. The fourth-order valence-corrected chi connectivity index (χ4v) is 4.77. The van der Waals surface area contributed by atoms with Gasteiger partial charge in [-0.1, -0.05) is 19.3 Å². The molecule has 3 aliphatic rings. The number of primary amides is 1. The normalized spacial score (nSPS) is 30.0. The number of nitrogens with zero attached hydrogens (tertiary/aromatic N) is 2. The van der Waals surface area contributed by atoms with Gasteiger partial charge in [-0.15, -0.1) is 0 Å². The van der Waals surface area contributed by atoms with Gasteiger partial charge in [-0.25, -0.2) is 0 Å². The summed E-state index contributed by atoms with van der Waals surface area (Å²) in [6, 6.07) is -0.343. The molecule has 1 saturated carbocycles. The Hall–Kier alpha value is -1.43. The first-order valence-electron chi connectivity index (χ1n) is 8.80. The third-order valence-electron chi connectivity index (χ3n) is 6.37. The average Bonchev–Trinajstić information content (AvgIpc) is 2.83. The highest BCUT2D eigenvalue weighted by molar-refractivity contribution is 6.05. The number of rotatable bonds is 3. The molecule has 3 fully saturated rings. The molecule has 0 aromatic carbocycles. The van der Waals surface area contributed by atoms with Gasteiger partial charge in [-0.05, 0) is 44.7 Å². The maximum atomic E-state index is 12.2. The number of likely N-dealkylation sites (tertiary alicyclic amines) is 2. The molecule has 1 atom stereocenters. The largest absolute Gasteiger partial charge is 0.369 e. The van der Waals surface area contributed by atoms with Gasteiger partial charge in [-0.3, -0.25) is 24.2 Å². The number of nitrogens with two attached hydrogens (primary N) is 1. The Morgan fingerprint density at radius 1 is 1.13 bits per heavy atom. The summed E-state index contributed by atoms with van der Waals surface area (Å²) in [7, 11) is 1.55. The fourth-order valence-electron chi connectivity index (χ4n) is 4.77. The molecule has 6 heteroatoms. The molecule has 3 amide bonds. The van der Waals surface area contributed by atoms with E-state index in [0.29, 0.717) is 31.8 Å². The van der Waals surface area contributed by atoms with Crippen LogP contribution >= 0.6 is 0 Å². The number of hydrogen-bond donors (Lipinski definition) is 1. The van der Waals surface area contributed by atoms with E-state index in [4.69, 9.17) is 5.73 Å². The Bertz CT molecular complexity index is 505. The Morgan fingerprint density at radius 3 is 2.22 bits per heavy atom. The van der Waals surface area contributed by atoms with E-state index in [2.05, 4.69) is 4.90 Å². The van der Waals surface area contributed by atoms with Crippen molar-refractivity contribution >= 4 is 17.7 Å². The lowest BCUT2D eigenvalue weighted by molar-refractivity contribution is -0.139. The molecule has 23 heavy (non-hydrogen) atoms. The molecule has 1 unspecified atom stereocenters. The SMILES string of the molecule is CN1C(=O)CC(N2CCC(C(N)=O)(C3CCCCC3)CC2)C1=O. The molecule has 0 aromatic rings. The quantitative estimate of drug-likeness (QED) is 0.783. The Kier molecular flexibility index (Phi) is 4.45. The van der Waals surface area contributed by atoms with Crippen LogP contribution in [0.2, 0.25) is 0 Å². The van der Waals surface area contributed by atoms with Crippen LogP contribution in [0.3, 0.4) is 0 Å². The number of carbonyl (C=O) groups is 3. The molecule has 1 aliphatic carbocycles. The number of amides is 3. The van der Waals surface area contributed by atoms with Gasteiger partial charge in [0.1, 0.15) is 0 Å². The van der Waals surface area contributed by atoms with Crippen molar-refractivity contribution in [3.8, 4) is 0 Å². The second-order valence-corrected chi connectivity index (χ2v) is 7.40. The second-order valence-electron chi connectivity index (χ2n) is 7.40. The monoisotopic (exact) mass is 321 g/mol. The minimum Gasteiger partial charge on any atom is -0.369 e. The topological polar surface area (TPSA) is 83.7 Å². The van der Waals surface area contributed by atoms with Crippen LogP contribution in [0.25, 0.3) is 0 Å². The van der Waals surface area contributed by atoms with Crippen molar-refractivity contribution in [2.45, 2.75) is 57.4 Å². The molecule has 0 bridgehead atoms. The Morgan fingerprint density at radius 2 is 1.74 bits per heavy atom. The number of hydrogen-bond acceptors (Lipinski definition) is 4. The van der Waals surface area contributed by atoms with Gasteiger partial charge in [0.25, 0.3) is 0 Å². The molecule has 128 valence electrons. The molecule has 2 N–H and O–H groups in total. The van der Waals surface area contributed by atoms with Gasteiger partial charge >= 0.3 is 0 Å². The summed E-state index contributed by atoms with van der Waals surface area (Å²) in [5, 5.41) is 0. The van der Waals surface area contributed by atoms with E-state index < -0.39 is 5.41 Å². The van der Waals surface area contributed by atoms with E-state index in [1.54, 1.807) is 7.05 Å². The molecular weight excluding hydrogens is 294 g/mol. The summed E-state index contributed by atoms with van der Waals surface area (Å²) in [6.45, 7) is 1.36. The van der Waals surface area contributed by atoms with Crippen LogP contribution in [0.4, 0.5) is 0 Å². The lowest BCUT2D eigenvalue weighted by Crippen LogP contribution is -2.54. The van der Waals surface area contributed by atoms with Crippen LogP contribution in [0.5, 0.6) is 0 Å². The number of piperidine rings is 1. The van der Waals surface area contributed by atoms with Crippen molar-refractivity contribution in [1.29, 1.82) is 0 Å². The highest BCUT2D eigenvalue weighted by Gasteiger charge is 2.49. The molecule has 2 heterocycles. The summed E-state index contributed by atoms with van der Waals surface area (Å²) in [5.74, 6) is -0.00672. The van der Waals surface area contributed by atoms with Crippen molar-refractivity contribution in [3.63, 3.8) is 0 Å². The zero-order valence-electron chi connectivity index (χ0n) is 13.9. The standard InChI is InChI=1S/C17H27N3O3/c1-19-14(21)11-13(15(19)22)20-9-7-17(8-10-20,16(18)23)12-5-3-2-4-6-12/h12-13H,2-11H2,1H3,(H2,18,23). The van der Waals surface area contributed by atoms with E-state index in [1.807, 2.05) is 0 Å². The first-order valence-corrected chi connectivity index (χ1v) is 8.80. The molecule has 0 radical (unpaired) electrons. The van der Waals surface area contributed by atoms with Gasteiger partial charge in [-0.2, -0.15) is 0 Å². The lowest BCUT2D eigenvalue weighted by atomic mass is 9.63. The van der Waals surface area contributed by atoms with E-state index in [1.165, 1.54) is 24.2 Å². The summed E-state index contributed by atoms with van der Waals surface area (Å²) in [5.41, 5.74) is 5.41. The molecule has 6 nitrogen and oxygen atoms in total. The average molecular weight is 321 g/mol. The van der Waals surface area contributed by atoms with E-state index >= 15 is 0 Å². The molecule has 3 rings (SSSR count). The van der Waals surface area contributed by atoms with Crippen molar-refractivity contribution in [1.82, 2.24) is 9.80 Å². The fraction of sp³-hybridized carbons (Fsp3) is 0.824. The molecular formula is C17H27N3O3. The van der Waals surface area contributed by atoms with E-state index in [0.717, 1.165) is 12.8 Å². The van der Waals surface area contributed by atoms with Gasteiger partial charge in [0.2, 0.25) is 17.7 Å². The van der Waals surface area contributed by atoms with Gasteiger partial charge in [0.05, 0.1) is 17.9 Å². The highest BCUT2D eigenvalue weighted by atomic mass is 16.2. The van der Waals surface area contributed by atoms with Crippen LogP contribution in [0.1, 0.15) is 51.4 Å². The Balaban J connectivity index is 1.69. The van der Waals surface area contributed by atoms with Crippen molar-refractivity contribution in [2.24, 2.45) is 17.1 Å². The van der Waals surface area contributed by atoms with Crippen molar-refractivity contribution in [2.75, 3.05) is 20.1 Å². The summed E-state index contributed by atoms with van der Waals surface area (Å²) in [4.78, 5) is 39.5. The van der Waals surface area contributed by atoms with Crippen molar-refractivity contribution in [3.05, 3.63) is 0 Å². The zero-order valence-corrected chi connectivity index (χ0v) is 13.9. The van der Waals surface area contributed by atoms with Crippen LogP contribution in [0.15, 0.2) is 0 Å². The lowest BCUT2D eigenvalue weighted by Gasteiger charge is -2.46. The Labute approximate surface area is 137 Å². The minimum absolute atomic E-state index is 0.112.